The van der Waals surface area contributed by atoms with Gasteiger partial charge in [0.05, 0.1) is 9.79 Å². The molecule has 23 heavy (non-hydrogen) atoms. The molecule has 4 N–H and O–H groups in total. The summed E-state index contributed by atoms with van der Waals surface area (Å²) in [5.74, 6) is 0. The Morgan fingerprint density at radius 2 is 1.78 bits per heavy atom. The molecule has 1 fully saturated rings. The minimum absolute atomic E-state index is 0. The van der Waals surface area contributed by atoms with Crippen molar-refractivity contribution in [2.24, 2.45) is 5.73 Å². The summed E-state index contributed by atoms with van der Waals surface area (Å²) >= 11 is 0. The highest BCUT2D eigenvalue weighted by molar-refractivity contribution is 7.90. The van der Waals surface area contributed by atoms with Gasteiger partial charge < -0.3 is 5.73 Å². The van der Waals surface area contributed by atoms with Crippen LogP contribution in [0.3, 0.4) is 0 Å². The standard InChI is InChI=1S/C13H21N3O4S2.ClH/c1-10-8-11(4-5-12(10)22(19,20)15-2)21(17,18)16-9-13(14)6-3-7-13;/h4-5,8,15-16H,3,6-7,9,14H2,1-2H3;1H. The van der Waals surface area contributed by atoms with E-state index in [0.717, 1.165) is 19.3 Å². The van der Waals surface area contributed by atoms with Crippen molar-refractivity contribution in [3.63, 3.8) is 0 Å². The molecule has 10 heteroatoms. The second-order valence-electron chi connectivity index (χ2n) is 5.68. The molecule has 1 aliphatic carbocycles. The predicted molar refractivity (Wildman–Crippen MR) is 90.6 cm³/mol. The number of hydrogen-bond acceptors (Lipinski definition) is 5. The Balaban J connectivity index is 0.00000264. The summed E-state index contributed by atoms with van der Waals surface area (Å²) in [5.41, 5.74) is 5.91. The number of aryl methyl sites for hydroxylation is 1. The molecule has 2 rings (SSSR count). The maximum absolute atomic E-state index is 12.3. The third-order valence-corrected chi connectivity index (χ3v) is 6.95. The molecule has 0 amide bonds. The molecular weight excluding hydrogens is 362 g/mol. The Kier molecular flexibility index (Phi) is 6.22. The number of rotatable bonds is 6. The minimum atomic E-state index is -3.71. The van der Waals surface area contributed by atoms with Gasteiger partial charge in [0.1, 0.15) is 0 Å². The summed E-state index contributed by atoms with van der Waals surface area (Å²) in [4.78, 5) is 0.0891. The molecule has 7 nitrogen and oxygen atoms in total. The lowest BCUT2D eigenvalue weighted by Crippen LogP contribution is -2.54. The summed E-state index contributed by atoms with van der Waals surface area (Å²) in [6.07, 6.45) is 2.61. The van der Waals surface area contributed by atoms with Crippen molar-refractivity contribution in [3.05, 3.63) is 23.8 Å². The zero-order chi connectivity index (χ0) is 16.6. The molecule has 1 aliphatic rings. The van der Waals surface area contributed by atoms with Crippen LogP contribution in [0.5, 0.6) is 0 Å². The molecule has 0 unspecified atom stereocenters. The van der Waals surface area contributed by atoms with Gasteiger partial charge in [0, 0.05) is 12.1 Å². The maximum Gasteiger partial charge on any atom is 0.240 e. The van der Waals surface area contributed by atoms with Gasteiger partial charge in [0.25, 0.3) is 0 Å². The van der Waals surface area contributed by atoms with Crippen LogP contribution in [0.25, 0.3) is 0 Å². The molecule has 0 atom stereocenters. The monoisotopic (exact) mass is 383 g/mol. The second-order valence-corrected chi connectivity index (χ2v) is 9.30. The Morgan fingerprint density at radius 1 is 1.17 bits per heavy atom. The molecule has 0 bridgehead atoms. The third-order valence-electron chi connectivity index (χ3n) is 3.98. The van der Waals surface area contributed by atoms with Crippen molar-refractivity contribution >= 4 is 32.5 Å². The van der Waals surface area contributed by atoms with Crippen molar-refractivity contribution in [2.45, 2.75) is 41.5 Å². The van der Waals surface area contributed by atoms with E-state index in [-0.39, 0.29) is 28.7 Å². The molecule has 1 aromatic rings. The first-order valence-electron chi connectivity index (χ1n) is 6.92. The molecule has 1 aromatic carbocycles. The van der Waals surface area contributed by atoms with Gasteiger partial charge in [0.2, 0.25) is 20.0 Å². The van der Waals surface area contributed by atoms with E-state index in [0.29, 0.717) is 5.56 Å². The van der Waals surface area contributed by atoms with Crippen LogP contribution in [0.15, 0.2) is 28.0 Å². The Labute approximate surface area is 143 Å². The molecule has 0 radical (unpaired) electrons. The predicted octanol–water partition coefficient (Wildman–Crippen LogP) is 0.485. The zero-order valence-electron chi connectivity index (χ0n) is 13.0. The summed E-state index contributed by atoms with van der Waals surface area (Å²) in [7, 11) is -6.01. The Bertz CT molecular complexity index is 774. The SMILES string of the molecule is CNS(=O)(=O)c1ccc(S(=O)(=O)NCC2(N)CCC2)cc1C.Cl. The third kappa shape index (κ3) is 4.43. The lowest BCUT2D eigenvalue weighted by atomic mass is 9.78. The van der Waals surface area contributed by atoms with E-state index in [1.54, 1.807) is 6.92 Å². The van der Waals surface area contributed by atoms with Crippen molar-refractivity contribution in [3.8, 4) is 0 Å². The van der Waals surface area contributed by atoms with Gasteiger partial charge in [-0.3, -0.25) is 0 Å². The number of hydrogen-bond donors (Lipinski definition) is 3. The molecule has 0 spiro atoms. The average molecular weight is 384 g/mol. The largest absolute Gasteiger partial charge is 0.324 e. The fourth-order valence-electron chi connectivity index (χ4n) is 2.33. The van der Waals surface area contributed by atoms with E-state index < -0.39 is 25.6 Å². The van der Waals surface area contributed by atoms with Gasteiger partial charge in [-0.15, -0.1) is 12.4 Å². The van der Waals surface area contributed by atoms with Crippen LogP contribution < -0.4 is 15.2 Å². The van der Waals surface area contributed by atoms with Gasteiger partial charge in [-0.05, 0) is 57.0 Å². The fourth-order valence-corrected chi connectivity index (χ4v) is 4.50. The zero-order valence-corrected chi connectivity index (χ0v) is 15.4. The summed E-state index contributed by atoms with van der Waals surface area (Å²) in [5, 5.41) is 0. The van der Waals surface area contributed by atoms with Gasteiger partial charge >= 0.3 is 0 Å². The first-order chi connectivity index (χ1) is 10.1. The number of halogens is 1. The van der Waals surface area contributed by atoms with E-state index in [2.05, 4.69) is 9.44 Å². The number of sulfonamides is 2. The van der Waals surface area contributed by atoms with E-state index in [4.69, 9.17) is 5.73 Å². The van der Waals surface area contributed by atoms with Crippen molar-refractivity contribution < 1.29 is 16.8 Å². The minimum Gasteiger partial charge on any atom is -0.324 e. The maximum atomic E-state index is 12.3. The molecular formula is C13H22ClN3O4S2. The van der Waals surface area contributed by atoms with Crippen molar-refractivity contribution in [1.82, 2.24) is 9.44 Å². The molecule has 0 saturated heterocycles. The van der Waals surface area contributed by atoms with E-state index in [9.17, 15) is 16.8 Å². The van der Waals surface area contributed by atoms with Crippen LogP contribution in [-0.4, -0.2) is 36.0 Å². The van der Waals surface area contributed by atoms with Gasteiger partial charge in [-0.25, -0.2) is 26.3 Å². The van der Waals surface area contributed by atoms with Crippen molar-refractivity contribution in [1.29, 1.82) is 0 Å². The highest BCUT2D eigenvalue weighted by atomic mass is 35.5. The van der Waals surface area contributed by atoms with Crippen LogP contribution in [-0.2, 0) is 20.0 Å². The lowest BCUT2D eigenvalue weighted by molar-refractivity contribution is 0.251. The molecule has 132 valence electrons. The first kappa shape index (κ1) is 20.3. The van der Waals surface area contributed by atoms with Crippen molar-refractivity contribution in [2.75, 3.05) is 13.6 Å². The Morgan fingerprint density at radius 3 is 2.22 bits per heavy atom. The second kappa shape index (κ2) is 7.04. The van der Waals surface area contributed by atoms with Crippen LogP contribution in [0.2, 0.25) is 0 Å². The van der Waals surface area contributed by atoms with Crippen LogP contribution in [0, 0.1) is 6.92 Å². The fraction of sp³-hybridized carbons (Fsp3) is 0.538. The number of nitrogens with one attached hydrogen (secondary N) is 2. The summed E-state index contributed by atoms with van der Waals surface area (Å²) in [6, 6.07) is 3.91. The normalized spacial score (nSPS) is 17.2. The smallest absolute Gasteiger partial charge is 0.240 e. The first-order valence-corrected chi connectivity index (χ1v) is 9.89. The van der Waals surface area contributed by atoms with Gasteiger partial charge in [-0.1, -0.05) is 0 Å². The summed E-state index contributed by atoms with van der Waals surface area (Å²) < 4.78 is 52.8. The van der Waals surface area contributed by atoms with E-state index in [1.165, 1.54) is 25.2 Å². The molecule has 0 aromatic heterocycles. The van der Waals surface area contributed by atoms with Gasteiger partial charge in [-0.2, -0.15) is 0 Å². The quantitative estimate of drug-likeness (QED) is 0.660. The highest BCUT2D eigenvalue weighted by Gasteiger charge is 2.33. The van der Waals surface area contributed by atoms with E-state index in [1.807, 2.05) is 0 Å². The molecule has 0 aliphatic heterocycles. The Hall–Kier alpha value is -0.710. The number of benzene rings is 1. The van der Waals surface area contributed by atoms with Crippen LogP contribution in [0.1, 0.15) is 24.8 Å². The average Bonchev–Trinajstić information content (AvgIpc) is 2.42. The van der Waals surface area contributed by atoms with E-state index >= 15 is 0 Å². The number of nitrogens with two attached hydrogens (primary N) is 1. The van der Waals surface area contributed by atoms with Crippen LogP contribution >= 0.6 is 12.4 Å². The molecule has 1 saturated carbocycles. The lowest BCUT2D eigenvalue weighted by Gasteiger charge is -2.38. The molecule has 0 heterocycles. The topological polar surface area (TPSA) is 118 Å². The van der Waals surface area contributed by atoms with Gasteiger partial charge in [0.15, 0.2) is 0 Å². The highest BCUT2D eigenvalue weighted by Crippen LogP contribution is 2.28. The van der Waals surface area contributed by atoms with Crippen LogP contribution in [0.4, 0.5) is 0 Å². The summed E-state index contributed by atoms with van der Waals surface area (Å²) in [6.45, 7) is 1.74.